The first kappa shape index (κ1) is 9.34. The van der Waals surface area contributed by atoms with Crippen LogP contribution >= 0.6 is 0 Å². The number of rotatable bonds is 1. The molecule has 0 fully saturated rings. The molecular weight excluding hydrogens is 82.8 g/mol. The van der Waals surface area contributed by atoms with Crippen LogP contribution in [-0.4, -0.2) is 36.5 Å². The molecule has 0 atom stereocenters. The summed E-state index contributed by atoms with van der Waals surface area (Å²) in [4.78, 5) is 0. The Morgan fingerprint density at radius 2 is 1.17 bits per heavy atom. The first-order valence-electron chi connectivity index (χ1n) is 1.39. The van der Waals surface area contributed by atoms with Crippen molar-refractivity contribution in [2.75, 3.05) is 13.2 Å². The van der Waals surface area contributed by atoms with E-state index in [4.69, 9.17) is 15.2 Å². The second-order valence-corrected chi connectivity index (χ2v) is 0.447. The van der Waals surface area contributed by atoms with E-state index in [-0.39, 0.29) is 13.2 Å². The molecule has 0 aliphatic carbocycles. The van der Waals surface area contributed by atoms with Crippen molar-refractivity contribution in [3.8, 4) is 0 Å². The number of hydrogen-bond acceptors (Lipinski definition) is 3. The maximum absolute atomic E-state index is 7.62. The van der Waals surface area contributed by atoms with Crippen LogP contribution in [0.2, 0.25) is 0 Å². The quantitative estimate of drug-likeness (QED) is 0.327. The molecule has 0 aromatic rings. The largest absolute Gasteiger partial charge is 0.461 e. The van der Waals surface area contributed by atoms with Crippen molar-refractivity contribution in [2.24, 2.45) is 0 Å². The van der Waals surface area contributed by atoms with E-state index in [1.54, 1.807) is 0 Å². The fraction of sp³-hybridized carbons (Fsp3) is 1.00. The number of aliphatic hydroxyl groups excluding tert-OH is 2. The number of hydrogen-bond donors (Lipinski definition) is 3. The van der Waals surface area contributed by atoms with E-state index in [9.17, 15) is 0 Å². The fourth-order valence-electron chi connectivity index (χ4n) is 0. The van der Waals surface area contributed by atoms with E-state index in [1.165, 1.54) is 0 Å². The summed E-state index contributed by atoms with van der Waals surface area (Å²) in [7, 11) is 3.50. The summed E-state index contributed by atoms with van der Waals surface area (Å²) >= 11 is 0. The van der Waals surface area contributed by atoms with Crippen LogP contribution in [0.5, 0.6) is 0 Å². The van der Waals surface area contributed by atoms with Gasteiger partial charge in [-0.25, -0.2) is 0 Å². The van der Waals surface area contributed by atoms with Crippen molar-refractivity contribution >= 4 is 8.05 Å². The highest BCUT2D eigenvalue weighted by Crippen LogP contribution is 1.39. The van der Waals surface area contributed by atoms with Gasteiger partial charge in [-0.1, -0.05) is 0 Å². The second-order valence-electron chi connectivity index (χ2n) is 0.447. The summed E-state index contributed by atoms with van der Waals surface area (Å²) < 4.78 is 0. The van der Waals surface area contributed by atoms with Gasteiger partial charge in [0.1, 0.15) is 0 Å². The van der Waals surface area contributed by atoms with Crippen LogP contribution < -0.4 is 0 Å². The van der Waals surface area contributed by atoms with Gasteiger partial charge in [0.05, 0.1) is 13.2 Å². The van der Waals surface area contributed by atoms with Gasteiger partial charge in [0.15, 0.2) is 0 Å². The monoisotopic (exact) mass is 90.0 g/mol. The van der Waals surface area contributed by atoms with Gasteiger partial charge >= 0.3 is 0 Å². The molecule has 0 saturated heterocycles. The van der Waals surface area contributed by atoms with Crippen molar-refractivity contribution in [1.82, 2.24) is 0 Å². The third-order valence-corrected chi connectivity index (χ3v) is 0.1000. The minimum Gasteiger partial charge on any atom is -0.461 e. The molecular formula is C2H7BO3. The van der Waals surface area contributed by atoms with E-state index in [0.717, 1.165) is 0 Å². The molecule has 0 unspecified atom stereocenters. The van der Waals surface area contributed by atoms with E-state index >= 15 is 0 Å². The molecule has 4 heteroatoms. The molecule has 0 heterocycles. The second kappa shape index (κ2) is 20.3. The van der Waals surface area contributed by atoms with Crippen LogP contribution in [0.4, 0.5) is 0 Å². The topological polar surface area (TPSA) is 60.7 Å². The summed E-state index contributed by atoms with van der Waals surface area (Å²) in [5, 5.41) is 21.8. The zero-order chi connectivity index (χ0) is 5.41. The molecule has 36 valence electrons. The Bertz CT molecular complexity index is 10.8. The van der Waals surface area contributed by atoms with Gasteiger partial charge in [-0.15, -0.1) is 0 Å². The van der Waals surface area contributed by atoms with E-state index in [0.29, 0.717) is 0 Å². The van der Waals surface area contributed by atoms with E-state index < -0.39 is 0 Å². The van der Waals surface area contributed by atoms with Crippen LogP contribution in [-0.2, 0) is 0 Å². The third kappa shape index (κ3) is 38.3. The Labute approximate surface area is 37.7 Å². The van der Waals surface area contributed by atoms with Crippen molar-refractivity contribution in [3.63, 3.8) is 0 Å². The predicted octanol–water partition coefficient (Wildman–Crippen LogP) is -1.97. The maximum Gasteiger partial charge on any atom is 0.277 e. The molecule has 0 amide bonds. The molecule has 0 saturated carbocycles. The van der Waals surface area contributed by atoms with Crippen molar-refractivity contribution in [3.05, 3.63) is 0 Å². The summed E-state index contributed by atoms with van der Waals surface area (Å²) in [5.74, 6) is 0. The first-order chi connectivity index (χ1) is 2.91. The van der Waals surface area contributed by atoms with Crippen LogP contribution in [0, 0.1) is 0 Å². The van der Waals surface area contributed by atoms with Crippen LogP contribution in [0.1, 0.15) is 0 Å². The molecule has 3 N–H and O–H groups in total. The van der Waals surface area contributed by atoms with Crippen LogP contribution in [0.15, 0.2) is 0 Å². The predicted molar refractivity (Wildman–Crippen MR) is 22.1 cm³/mol. The van der Waals surface area contributed by atoms with Gasteiger partial charge in [0.25, 0.3) is 8.05 Å². The van der Waals surface area contributed by atoms with E-state index in [1.807, 2.05) is 0 Å². The Kier molecular flexibility index (Phi) is 31.7. The van der Waals surface area contributed by atoms with Gasteiger partial charge in [0, 0.05) is 0 Å². The minimum atomic E-state index is -0.125. The summed E-state index contributed by atoms with van der Waals surface area (Å²) in [6.45, 7) is -0.250. The van der Waals surface area contributed by atoms with Crippen molar-refractivity contribution in [1.29, 1.82) is 0 Å². The summed E-state index contributed by atoms with van der Waals surface area (Å²) in [6.07, 6.45) is 0. The summed E-state index contributed by atoms with van der Waals surface area (Å²) in [5.41, 5.74) is 0. The highest BCUT2D eigenvalue weighted by molar-refractivity contribution is 5.95. The molecule has 2 radical (unpaired) electrons. The lowest BCUT2D eigenvalue weighted by Gasteiger charge is -1.70. The Morgan fingerprint density at radius 3 is 1.17 bits per heavy atom. The molecule has 0 aliphatic heterocycles. The molecule has 0 aromatic heterocycles. The van der Waals surface area contributed by atoms with Crippen LogP contribution in [0.3, 0.4) is 0 Å². The van der Waals surface area contributed by atoms with Crippen molar-refractivity contribution in [2.45, 2.75) is 0 Å². The normalized spacial score (nSPS) is 5.83. The zero-order valence-corrected chi connectivity index (χ0v) is 3.33. The standard InChI is InChI=1S/C2H6O2.BHO/c3-1-2-4;1-2/h3-4H,1-2H2;2H. The molecule has 0 spiro atoms. The molecule has 0 aliphatic rings. The highest BCUT2D eigenvalue weighted by Gasteiger charge is 1.58. The average molecular weight is 89.9 g/mol. The lowest BCUT2D eigenvalue weighted by atomic mass is 10.6. The average Bonchev–Trinajstić information content (AvgIpc) is 1.72. The summed E-state index contributed by atoms with van der Waals surface area (Å²) in [6, 6.07) is 0. The molecule has 0 bridgehead atoms. The van der Waals surface area contributed by atoms with Crippen molar-refractivity contribution < 1.29 is 15.2 Å². The van der Waals surface area contributed by atoms with Gasteiger partial charge in [-0.05, 0) is 0 Å². The molecule has 0 aromatic carbocycles. The van der Waals surface area contributed by atoms with Crippen LogP contribution in [0.25, 0.3) is 0 Å². The fourth-order valence-corrected chi connectivity index (χ4v) is 0. The lowest BCUT2D eigenvalue weighted by Crippen LogP contribution is -1.85. The Hall–Kier alpha value is -0.0551. The minimum absolute atomic E-state index is 0.125. The first-order valence-corrected chi connectivity index (χ1v) is 1.39. The smallest absolute Gasteiger partial charge is 0.277 e. The van der Waals surface area contributed by atoms with Gasteiger partial charge < -0.3 is 15.2 Å². The maximum atomic E-state index is 7.62. The van der Waals surface area contributed by atoms with Gasteiger partial charge in [-0.2, -0.15) is 0 Å². The SMILES string of the molecule is OCCO.[B]O. The Balaban J connectivity index is 0. The third-order valence-electron chi connectivity index (χ3n) is 0.1000. The van der Waals surface area contributed by atoms with Gasteiger partial charge in [-0.3, -0.25) is 0 Å². The lowest BCUT2D eigenvalue weighted by molar-refractivity contribution is 0.186. The van der Waals surface area contributed by atoms with Gasteiger partial charge in [0.2, 0.25) is 0 Å². The van der Waals surface area contributed by atoms with E-state index in [2.05, 4.69) is 8.05 Å². The highest BCUT2D eigenvalue weighted by atomic mass is 16.3. The molecule has 6 heavy (non-hydrogen) atoms. The molecule has 0 rings (SSSR count). The zero-order valence-electron chi connectivity index (χ0n) is 3.33. The number of aliphatic hydroxyl groups is 2. The molecule has 3 nitrogen and oxygen atoms in total. The Morgan fingerprint density at radius 1 is 1.00 bits per heavy atom.